The van der Waals surface area contributed by atoms with Gasteiger partial charge in [-0.15, -0.1) is 0 Å². The number of halogens is 1. The Labute approximate surface area is 177 Å². The average Bonchev–Trinajstić information content (AvgIpc) is 3.40. The van der Waals surface area contributed by atoms with Crippen LogP contribution in [0.3, 0.4) is 0 Å². The third kappa shape index (κ3) is 3.73. The van der Waals surface area contributed by atoms with Crippen molar-refractivity contribution in [2.75, 3.05) is 18.1 Å². The maximum atomic E-state index is 13.5. The predicted molar refractivity (Wildman–Crippen MR) is 119 cm³/mol. The lowest BCUT2D eigenvalue weighted by Crippen LogP contribution is -2.37. The van der Waals surface area contributed by atoms with E-state index in [4.69, 9.17) is 21.3 Å². The van der Waals surface area contributed by atoms with Gasteiger partial charge >= 0.3 is 0 Å². The second-order valence-electron chi connectivity index (χ2n) is 7.22. The molecule has 4 nitrogen and oxygen atoms in total. The first kappa shape index (κ1) is 18.6. The van der Waals surface area contributed by atoms with Crippen molar-refractivity contribution >= 4 is 55.0 Å². The van der Waals surface area contributed by atoms with Gasteiger partial charge in [-0.05, 0) is 53.9 Å². The highest BCUT2D eigenvalue weighted by atomic mass is 35.5. The van der Waals surface area contributed by atoms with E-state index in [1.54, 1.807) is 4.90 Å². The van der Waals surface area contributed by atoms with Crippen molar-refractivity contribution in [3.63, 3.8) is 0 Å². The Morgan fingerprint density at radius 2 is 2.00 bits per heavy atom. The third-order valence-corrected chi connectivity index (χ3v) is 6.50. The summed E-state index contributed by atoms with van der Waals surface area (Å²) in [6, 6.07) is 19.5. The van der Waals surface area contributed by atoms with Crippen molar-refractivity contribution in [3.05, 3.63) is 71.2 Å². The van der Waals surface area contributed by atoms with Gasteiger partial charge in [0.1, 0.15) is 0 Å². The van der Waals surface area contributed by atoms with Crippen molar-refractivity contribution in [3.8, 4) is 0 Å². The van der Waals surface area contributed by atoms with E-state index in [0.717, 1.165) is 40.4 Å². The van der Waals surface area contributed by atoms with E-state index in [9.17, 15) is 4.79 Å². The second kappa shape index (κ2) is 7.75. The number of amides is 1. The molecule has 6 heteroatoms. The second-order valence-corrected chi connectivity index (χ2v) is 8.67. The minimum atomic E-state index is -0.0589. The van der Waals surface area contributed by atoms with Crippen molar-refractivity contribution in [1.29, 1.82) is 0 Å². The van der Waals surface area contributed by atoms with Crippen LogP contribution in [0.1, 0.15) is 23.2 Å². The quantitative estimate of drug-likeness (QED) is 0.409. The first-order chi connectivity index (χ1) is 14.2. The van der Waals surface area contributed by atoms with E-state index < -0.39 is 0 Å². The Kier molecular flexibility index (Phi) is 4.96. The van der Waals surface area contributed by atoms with E-state index in [2.05, 4.69) is 0 Å². The Bertz CT molecular complexity index is 1200. The van der Waals surface area contributed by atoms with Crippen molar-refractivity contribution in [2.24, 2.45) is 0 Å². The Balaban J connectivity index is 1.55. The summed E-state index contributed by atoms with van der Waals surface area (Å²) in [6.45, 7) is 1.25. The van der Waals surface area contributed by atoms with Gasteiger partial charge in [-0.2, -0.15) is 0 Å². The molecule has 1 amide bonds. The molecule has 29 heavy (non-hydrogen) atoms. The van der Waals surface area contributed by atoms with Gasteiger partial charge in [0.15, 0.2) is 5.13 Å². The number of nitrogens with zero attached hydrogens (tertiary/aromatic N) is 2. The molecule has 146 valence electrons. The van der Waals surface area contributed by atoms with Gasteiger partial charge in [0.25, 0.3) is 5.91 Å². The van der Waals surface area contributed by atoms with Crippen molar-refractivity contribution in [1.82, 2.24) is 4.98 Å². The minimum absolute atomic E-state index is 0.0370. The Hall–Kier alpha value is -2.47. The van der Waals surface area contributed by atoms with Gasteiger partial charge in [-0.1, -0.05) is 53.3 Å². The van der Waals surface area contributed by atoms with Crippen LogP contribution in [0.4, 0.5) is 5.13 Å². The van der Waals surface area contributed by atoms with Gasteiger partial charge in [0, 0.05) is 17.2 Å². The zero-order chi connectivity index (χ0) is 19.8. The van der Waals surface area contributed by atoms with Gasteiger partial charge in [-0.25, -0.2) is 4.98 Å². The number of anilines is 1. The van der Waals surface area contributed by atoms with Crippen LogP contribution in [0.15, 0.2) is 60.7 Å². The summed E-state index contributed by atoms with van der Waals surface area (Å²) >= 11 is 7.62. The molecule has 0 spiro atoms. The number of benzene rings is 3. The zero-order valence-corrected chi connectivity index (χ0v) is 17.2. The molecule has 0 N–H and O–H groups in total. The van der Waals surface area contributed by atoms with E-state index in [-0.39, 0.29) is 12.0 Å². The molecular weight excluding hydrogens is 404 g/mol. The molecule has 1 unspecified atom stereocenters. The van der Waals surface area contributed by atoms with Crippen molar-refractivity contribution < 1.29 is 9.53 Å². The number of aromatic nitrogens is 1. The molecule has 3 aromatic carbocycles. The number of hydrogen-bond acceptors (Lipinski definition) is 4. The zero-order valence-electron chi connectivity index (χ0n) is 15.7. The van der Waals surface area contributed by atoms with Crippen molar-refractivity contribution in [2.45, 2.75) is 18.9 Å². The summed E-state index contributed by atoms with van der Waals surface area (Å²) in [5.74, 6) is -0.0589. The summed E-state index contributed by atoms with van der Waals surface area (Å²) < 4.78 is 6.78. The summed E-state index contributed by atoms with van der Waals surface area (Å²) in [7, 11) is 0. The molecule has 4 aromatic rings. The minimum Gasteiger partial charge on any atom is -0.376 e. The molecule has 1 atom stereocenters. The lowest BCUT2D eigenvalue weighted by atomic mass is 10.1. The first-order valence-corrected chi connectivity index (χ1v) is 10.9. The summed E-state index contributed by atoms with van der Waals surface area (Å²) in [6.07, 6.45) is 2.02. The van der Waals surface area contributed by atoms with E-state index in [1.807, 2.05) is 60.7 Å². The molecule has 5 rings (SSSR count). The molecule has 1 aliphatic rings. The SMILES string of the molecule is O=C(c1ccc2ccccc2c1)N(CC1CCCO1)c1nc2ccc(Cl)cc2s1. The van der Waals surface area contributed by atoms with Crippen LogP contribution in [0.5, 0.6) is 0 Å². The van der Waals surface area contributed by atoms with Crippen LogP contribution >= 0.6 is 22.9 Å². The molecule has 2 heterocycles. The molecule has 1 fully saturated rings. The van der Waals surface area contributed by atoms with Crippen LogP contribution in [0.25, 0.3) is 21.0 Å². The molecule has 0 saturated carbocycles. The molecule has 0 bridgehead atoms. The van der Waals surface area contributed by atoms with Crippen LogP contribution < -0.4 is 4.90 Å². The predicted octanol–water partition coefficient (Wildman–Crippen LogP) is 5.93. The molecule has 0 aliphatic carbocycles. The van der Waals surface area contributed by atoms with Crippen LogP contribution in [-0.4, -0.2) is 30.1 Å². The number of carbonyl (C=O) groups is 1. The summed E-state index contributed by atoms with van der Waals surface area (Å²) in [5.41, 5.74) is 1.50. The van der Waals surface area contributed by atoms with Crippen LogP contribution in [-0.2, 0) is 4.74 Å². The van der Waals surface area contributed by atoms with Gasteiger partial charge in [0.2, 0.25) is 0 Å². The smallest absolute Gasteiger partial charge is 0.260 e. The number of thiazole rings is 1. The fourth-order valence-corrected chi connectivity index (χ4v) is 4.97. The van der Waals surface area contributed by atoms with E-state index >= 15 is 0 Å². The number of fused-ring (bicyclic) bond motifs is 2. The molecule has 1 aliphatic heterocycles. The van der Waals surface area contributed by atoms with Crippen LogP contribution in [0, 0.1) is 0 Å². The monoisotopic (exact) mass is 422 g/mol. The standard InChI is InChI=1S/C23H19ClN2O2S/c24-18-9-10-20-21(13-18)29-23(25-20)26(14-19-6-3-11-28-19)22(27)17-8-7-15-4-1-2-5-16(15)12-17/h1-2,4-5,7-10,12-13,19H,3,6,11,14H2. The fourth-order valence-electron chi connectivity index (χ4n) is 3.72. The highest BCUT2D eigenvalue weighted by molar-refractivity contribution is 7.22. The Morgan fingerprint density at radius 3 is 2.83 bits per heavy atom. The fraction of sp³-hybridized carbons (Fsp3) is 0.217. The van der Waals surface area contributed by atoms with Crippen LogP contribution in [0.2, 0.25) is 5.02 Å². The van der Waals surface area contributed by atoms with Gasteiger partial charge in [0.05, 0.1) is 22.9 Å². The topological polar surface area (TPSA) is 42.4 Å². The molecule has 1 saturated heterocycles. The third-order valence-electron chi connectivity index (χ3n) is 5.22. The Morgan fingerprint density at radius 1 is 1.14 bits per heavy atom. The molecular formula is C23H19ClN2O2S. The molecule has 1 aromatic heterocycles. The van der Waals surface area contributed by atoms with E-state index in [0.29, 0.717) is 22.3 Å². The summed E-state index contributed by atoms with van der Waals surface area (Å²) in [4.78, 5) is 20.0. The lowest BCUT2D eigenvalue weighted by molar-refractivity contribution is 0.0917. The first-order valence-electron chi connectivity index (χ1n) is 9.66. The number of carbonyl (C=O) groups excluding carboxylic acids is 1. The number of hydrogen-bond donors (Lipinski definition) is 0. The number of ether oxygens (including phenoxy) is 1. The van der Waals surface area contributed by atoms with E-state index in [1.165, 1.54) is 11.3 Å². The lowest BCUT2D eigenvalue weighted by Gasteiger charge is -2.23. The largest absolute Gasteiger partial charge is 0.376 e. The van der Waals surface area contributed by atoms with Gasteiger partial charge in [-0.3, -0.25) is 9.69 Å². The maximum Gasteiger partial charge on any atom is 0.260 e. The maximum absolute atomic E-state index is 13.5. The number of rotatable bonds is 4. The average molecular weight is 423 g/mol. The van der Waals surface area contributed by atoms with Gasteiger partial charge < -0.3 is 4.74 Å². The highest BCUT2D eigenvalue weighted by Gasteiger charge is 2.27. The normalized spacial score (nSPS) is 16.5. The highest BCUT2D eigenvalue weighted by Crippen LogP contribution is 2.32. The summed E-state index contributed by atoms with van der Waals surface area (Å²) in [5, 5.41) is 3.51. The molecule has 0 radical (unpaired) electrons.